The van der Waals surface area contributed by atoms with Crippen molar-refractivity contribution in [1.29, 1.82) is 0 Å². The number of hydrogen-bond donors (Lipinski definition) is 1. The number of ether oxygens (including phenoxy) is 2. The molecule has 0 aromatic heterocycles. The van der Waals surface area contributed by atoms with Crippen molar-refractivity contribution < 1.29 is 17.9 Å². The molecule has 6 heteroatoms. The molecule has 0 amide bonds. The fourth-order valence-corrected chi connectivity index (χ4v) is 2.02. The average molecular weight is 273 g/mol. The van der Waals surface area contributed by atoms with Gasteiger partial charge in [0, 0.05) is 19.4 Å². The first-order chi connectivity index (χ1) is 8.47. The van der Waals surface area contributed by atoms with E-state index in [0.29, 0.717) is 25.5 Å². The molecular formula is C12H19NO4S. The number of rotatable bonds is 7. The molecule has 1 atom stereocenters. The third kappa shape index (κ3) is 4.64. The molecule has 0 aliphatic rings. The molecule has 0 fully saturated rings. The van der Waals surface area contributed by atoms with Gasteiger partial charge in [-0.2, -0.15) is 0 Å². The first-order valence-corrected chi connectivity index (χ1v) is 7.61. The molecule has 0 spiro atoms. The molecule has 0 aliphatic carbocycles. The van der Waals surface area contributed by atoms with Gasteiger partial charge in [-0.05, 0) is 31.2 Å². The lowest BCUT2D eigenvalue weighted by atomic mass is 10.3. The van der Waals surface area contributed by atoms with Gasteiger partial charge in [-0.25, -0.2) is 8.42 Å². The second-order valence-corrected chi connectivity index (χ2v) is 5.88. The average Bonchev–Trinajstić information content (AvgIpc) is 2.34. The highest BCUT2D eigenvalue weighted by molar-refractivity contribution is 7.90. The fourth-order valence-electron chi connectivity index (χ4n) is 1.39. The van der Waals surface area contributed by atoms with Crippen LogP contribution in [0, 0.1) is 0 Å². The zero-order valence-electron chi connectivity index (χ0n) is 10.6. The maximum Gasteiger partial charge on any atom is 0.175 e. The summed E-state index contributed by atoms with van der Waals surface area (Å²) < 4.78 is 33.4. The van der Waals surface area contributed by atoms with Crippen LogP contribution in [-0.4, -0.2) is 40.5 Å². The number of nitrogens with two attached hydrogens (primary N) is 1. The Morgan fingerprint density at radius 2 is 1.89 bits per heavy atom. The van der Waals surface area contributed by atoms with Crippen LogP contribution >= 0.6 is 0 Å². The molecular weight excluding hydrogens is 254 g/mol. The van der Waals surface area contributed by atoms with E-state index >= 15 is 0 Å². The van der Waals surface area contributed by atoms with E-state index in [2.05, 4.69) is 0 Å². The van der Waals surface area contributed by atoms with Gasteiger partial charge in [-0.15, -0.1) is 0 Å². The zero-order chi connectivity index (χ0) is 13.6. The predicted molar refractivity (Wildman–Crippen MR) is 69.5 cm³/mol. The van der Waals surface area contributed by atoms with E-state index in [1.807, 2.05) is 6.92 Å². The summed E-state index contributed by atoms with van der Waals surface area (Å²) in [5, 5.41) is 0. The van der Waals surface area contributed by atoms with Crippen LogP contribution in [0.1, 0.15) is 6.92 Å². The summed E-state index contributed by atoms with van der Waals surface area (Å²) in [7, 11) is -3.16. The molecule has 1 aromatic carbocycles. The lowest BCUT2D eigenvalue weighted by Gasteiger charge is -2.15. The van der Waals surface area contributed by atoms with Gasteiger partial charge in [0.25, 0.3) is 0 Å². The molecule has 0 saturated heterocycles. The van der Waals surface area contributed by atoms with Crippen molar-refractivity contribution in [3.8, 4) is 5.75 Å². The van der Waals surface area contributed by atoms with Gasteiger partial charge in [0.1, 0.15) is 18.5 Å². The molecule has 102 valence electrons. The van der Waals surface area contributed by atoms with E-state index in [1.54, 1.807) is 12.1 Å². The van der Waals surface area contributed by atoms with E-state index in [4.69, 9.17) is 15.2 Å². The summed E-state index contributed by atoms with van der Waals surface area (Å²) in [4.78, 5) is 0.273. The molecule has 1 aromatic rings. The Morgan fingerprint density at radius 3 is 2.33 bits per heavy atom. The van der Waals surface area contributed by atoms with Crippen LogP contribution in [0.2, 0.25) is 0 Å². The smallest absolute Gasteiger partial charge is 0.175 e. The summed E-state index contributed by atoms with van der Waals surface area (Å²) in [6.07, 6.45) is 1.02. The highest BCUT2D eigenvalue weighted by Gasteiger charge is 2.09. The Morgan fingerprint density at radius 1 is 1.28 bits per heavy atom. The lowest BCUT2D eigenvalue weighted by Crippen LogP contribution is -2.30. The van der Waals surface area contributed by atoms with Crippen LogP contribution in [-0.2, 0) is 14.6 Å². The highest BCUT2D eigenvalue weighted by atomic mass is 32.2. The molecule has 0 heterocycles. The topological polar surface area (TPSA) is 78.6 Å². The van der Waals surface area contributed by atoms with E-state index in [1.165, 1.54) is 18.4 Å². The first-order valence-electron chi connectivity index (χ1n) is 5.72. The number of sulfone groups is 1. The number of benzene rings is 1. The Bertz CT molecular complexity index is 455. The minimum absolute atomic E-state index is 0.149. The Kier molecular flexibility index (Phi) is 5.58. The van der Waals surface area contributed by atoms with Crippen LogP contribution in [0.3, 0.4) is 0 Å². The number of hydrogen-bond acceptors (Lipinski definition) is 5. The van der Waals surface area contributed by atoms with Crippen molar-refractivity contribution in [2.75, 3.05) is 26.0 Å². The standard InChI is InChI=1S/C12H19NO4S/c1-3-16-11(8-13)9-17-10-4-6-12(7-5-10)18(2,14)15/h4-7,11H,3,8-9,13H2,1-2H3. The van der Waals surface area contributed by atoms with Crippen LogP contribution in [0.5, 0.6) is 5.75 Å². The molecule has 5 nitrogen and oxygen atoms in total. The van der Waals surface area contributed by atoms with Crippen molar-refractivity contribution in [3.05, 3.63) is 24.3 Å². The van der Waals surface area contributed by atoms with E-state index < -0.39 is 9.84 Å². The normalized spacial score (nSPS) is 13.3. The Hall–Kier alpha value is -1.11. The van der Waals surface area contributed by atoms with Crippen molar-refractivity contribution in [2.24, 2.45) is 5.73 Å². The minimum Gasteiger partial charge on any atom is -0.491 e. The third-order valence-corrected chi connectivity index (χ3v) is 3.48. The maximum absolute atomic E-state index is 11.3. The highest BCUT2D eigenvalue weighted by Crippen LogP contribution is 2.16. The SMILES string of the molecule is CCOC(CN)COc1ccc(S(C)(=O)=O)cc1. The van der Waals surface area contributed by atoms with Crippen LogP contribution in [0.25, 0.3) is 0 Å². The van der Waals surface area contributed by atoms with Crippen molar-refractivity contribution in [2.45, 2.75) is 17.9 Å². The van der Waals surface area contributed by atoms with E-state index in [-0.39, 0.29) is 11.0 Å². The first kappa shape index (κ1) is 14.9. The van der Waals surface area contributed by atoms with Crippen LogP contribution in [0.4, 0.5) is 0 Å². The molecule has 2 N–H and O–H groups in total. The molecule has 1 unspecified atom stereocenters. The Balaban J connectivity index is 2.59. The molecule has 0 radical (unpaired) electrons. The van der Waals surface area contributed by atoms with Gasteiger partial charge in [0.05, 0.1) is 4.90 Å². The zero-order valence-corrected chi connectivity index (χ0v) is 11.4. The van der Waals surface area contributed by atoms with Gasteiger partial charge in [0.2, 0.25) is 0 Å². The second-order valence-electron chi connectivity index (χ2n) is 3.87. The largest absolute Gasteiger partial charge is 0.491 e. The van der Waals surface area contributed by atoms with E-state index in [9.17, 15) is 8.42 Å². The summed E-state index contributed by atoms with van der Waals surface area (Å²) in [6.45, 7) is 3.21. The molecule has 0 saturated carbocycles. The summed E-state index contributed by atoms with van der Waals surface area (Å²) >= 11 is 0. The van der Waals surface area contributed by atoms with Crippen molar-refractivity contribution >= 4 is 9.84 Å². The summed E-state index contributed by atoms with van der Waals surface area (Å²) in [5.41, 5.74) is 5.52. The molecule has 1 rings (SSSR count). The molecule has 0 aliphatic heterocycles. The van der Waals surface area contributed by atoms with Gasteiger partial charge in [-0.3, -0.25) is 0 Å². The maximum atomic E-state index is 11.3. The lowest BCUT2D eigenvalue weighted by molar-refractivity contribution is 0.0337. The molecule has 18 heavy (non-hydrogen) atoms. The quantitative estimate of drug-likeness (QED) is 0.796. The summed E-state index contributed by atoms with van der Waals surface area (Å²) in [5.74, 6) is 0.598. The molecule has 0 bridgehead atoms. The fraction of sp³-hybridized carbons (Fsp3) is 0.500. The van der Waals surface area contributed by atoms with Crippen molar-refractivity contribution in [3.63, 3.8) is 0 Å². The summed E-state index contributed by atoms with van der Waals surface area (Å²) in [6, 6.07) is 6.28. The van der Waals surface area contributed by atoms with Crippen LogP contribution in [0.15, 0.2) is 29.2 Å². The third-order valence-electron chi connectivity index (χ3n) is 2.35. The van der Waals surface area contributed by atoms with Gasteiger partial charge in [-0.1, -0.05) is 0 Å². The van der Waals surface area contributed by atoms with Gasteiger partial charge >= 0.3 is 0 Å². The van der Waals surface area contributed by atoms with Gasteiger partial charge in [0.15, 0.2) is 9.84 Å². The van der Waals surface area contributed by atoms with E-state index in [0.717, 1.165) is 0 Å². The Labute approximate surface area is 108 Å². The minimum atomic E-state index is -3.16. The van der Waals surface area contributed by atoms with Crippen molar-refractivity contribution in [1.82, 2.24) is 0 Å². The van der Waals surface area contributed by atoms with Crippen LogP contribution < -0.4 is 10.5 Å². The van der Waals surface area contributed by atoms with Gasteiger partial charge < -0.3 is 15.2 Å². The predicted octanol–water partition coefficient (Wildman–Crippen LogP) is 0.833. The second kappa shape index (κ2) is 6.72. The monoisotopic (exact) mass is 273 g/mol.